The normalized spacial score (nSPS) is 18.8. The van der Waals surface area contributed by atoms with Crippen LogP contribution in [0.1, 0.15) is 23.2 Å². The molecule has 1 unspecified atom stereocenters. The third-order valence-electron chi connectivity index (χ3n) is 4.12. The van der Waals surface area contributed by atoms with Crippen LogP contribution in [0.2, 0.25) is 0 Å². The molecule has 1 aliphatic rings. The summed E-state index contributed by atoms with van der Waals surface area (Å²) in [6.45, 7) is 3.60. The van der Waals surface area contributed by atoms with E-state index in [0.717, 1.165) is 24.7 Å². The van der Waals surface area contributed by atoms with Gasteiger partial charge in [0.25, 0.3) is 0 Å². The Bertz CT molecular complexity index is 702. The molecule has 1 aliphatic heterocycles. The lowest BCUT2D eigenvalue weighted by atomic mass is 10.1. The smallest absolute Gasteiger partial charge is 0.350 e. The first-order valence-corrected chi connectivity index (χ1v) is 7.85. The second-order valence-electron chi connectivity index (χ2n) is 6.04. The number of benzene rings is 1. The topological polar surface area (TPSA) is 41.1 Å². The van der Waals surface area contributed by atoms with E-state index in [9.17, 15) is 13.2 Å². The van der Waals surface area contributed by atoms with E-state index in [1.807, 2.05) is 17.9 Å². The molecule has 128 valence electrons. The summed E-state index contributed by atoms with van der Waals surface area (Å²) in [6.07, 6.45) is -1.77. The number of alkyl halides is 3. The van der Waals surface area contributed by atoms with Crippen LogP contribution < -0.4 is 5.32 Å². The van der Waals surface area contributed by atoms with Gasteiger partial charge in [0.05, 0.1) is 5.56 Å². The van der Waals surface area contributed by atoms with Gasteiger partial charge in [0.2, 0.25) is 5.95 Å². The molecule has 2 aromatic rings. The van der Waals surface area contributed by atoms with Gasteiger partial charge >= 0.3 is 6.18 Å². The molecule has 1 fully saturated rings. The lowest BCUT2D eigenvalue weighted by molar-refractivity contribution is -0.138. The molecular weight excluding hydrogens is 317 g/mol. The van der Waals surface area contributed by atoms with Crippen LogP contribution in [-0.2, 0) is 12.7 Å². The average Bonchev–Trinajstić information content (AvgIpc) is 2.94. The summed E-state index contributed by atoms with van der Waals surface area (Å²) < 4.78 is 39.2. The van der Waals surface area contributed by atoms with Gasteiger partial charge < -0.3 is 5.32 Å². The quantitative estimate of drug-likeness (QED) is 0.928. The van der Waals surface area contributed by atoms with Crippen molar-refractivity contribution in [2.45, 2.75) is 32.1 Å². The summed E-state index contributed by atoms with van der Waals surface area (Å²) in [6, 6.07) is 7.73. The molecule has 7 heteroatoms. The summed E-state index contributed by atoms with van der Waals surface area (Å²) in [5.41, 5.74) is 0.641. The van der Waals surface area contributed by atoms with Gasteiger partial charge in [0.15, 0.2) is 0 Å². The Hall–Kier alpha value is -2.15. The van der Waals surface area contributed by atoms with E-state index in [0.29, 0.717) is 24.6 Å². The summed E-state index contributed by atoms with van der Waals surface area (Å²) >= 11 is 0. The van der Waals surface area contributed by atoms with Gasteiger partial charge in [-0.25, -0.2) is 9.97 Å². The first-order valence-electron chi connectivity index (χ1n) is 7.85. The number of hydrogen-bond acceptors (Lipinski definition) is 4. The van der Waals surface area contributed by atoms with Crippen LogP contribution in [0.4, 0.5) is 19.1 Å². The van der Waals surface area contributed by atoms with Crippen LogP contribution in [0.25, 0.3) is 0 Å². The van der Waals surface area contributed by atoms with Crippen molar-refractivity contribution in [2.75, 3.05) is 18.4 Å². The minimum Gasteiger partial charge on any atom is -0.350 e. The zero-order valence-electron chi connectivity index (χ0n) is 13.3. The third kappa shape index (κ3) is 4.03. The van der Waals surface area contributed by atoms with Gasteiger partial charge in [0, 0.05) is 37.6 Å². The van der Waals surface area contributed by atoms with E-state index in [-0.39, 0.29) is 6.04 Å². The minimum atomic E-state index is -4.32. The van der Waals surface area contributed by atoms with Gasteiger partial charge in [0.1, 0.15) is 0 Å². The SMILES string of the molecule is Cc1ccnc(NC2CCN(Cc3ccccc3C(F)(F)F)C2)n1. The maximum Gasteiger partial charge on any atom is 0.416 e. The molecule has 0 aliphatic carbocycles. The Balaban J connectivity index is 1.63. The standard InChI is InChI=1S/C17H19F3N4/c1-12-6-8-21-16(22-12)23-14-7-9-24(11-14)10-13-4-2-3-5-15(13)17(18,19)20/h2-6,8,14H,7,9-11H2,1H3,(H,21,22,23). The van der Waals surface area contributed by atoms with E-state index in [2.05, 4.69) is 15.3 Å². The fourth-order valence-electron chi connectivity index (χ4n) is 2.97. The van der Waals surface area contributed by atoms with Gasteiger partial charge in [-0.1, -0.05) is 18.2 Å². The largest absolute Gasteiger partial charge is 0.416 e. The summed E-state index contributed by atoms with van der Waals surface area (Å²) in [5, 5.41) is 3.26. The third-order valence-corrected chi connectivity index (χ3v) is 4.12. The van der Waals surface area contributed by atoms with Crippen molar-refractivity contribution >= 4 is 5.95 Å². The van der Waals surface area contributed by atoms with Crippen molar-refractivity contribution in [1.29, 1.82) is 0 Å². The van der Waals surface area contributed by atoms with Crippen molar-refractivity contribution in [2.24, 2.45) is 0 Å². The van der Waals surface area contributed by atoms with Crippen LogP contribution in [0.3, 0.4) is 0 Å². The fraction of sp³-hybridized carbons (Fsp3) is 0.412. The van der Waals surface area contributed by atoms with Crippen LogP contribution in [0.5, 0.6) is 0 Å². The lowest BCUT2D eigenvalue weighted by Gasteiger charge is -2.19. The van der Waals surface area contributed by atoms with Crippen molar-refractivity contribution in [3.63, 3.8) is 0 Å². The molecule has 0 bridgehead atoms. The van der Waals surface area contributed by atoms with Crippen molar-refractivity contribution in [1.82, 2.24) is 14.9 Å². The first-order chi connectivity index (χ1) is 11.4. The van der Waals surface area contributed by atoms with Crippen LogP contribution in [0, 0.1) is 6.92 Å². The van der Waals surface area contributed by atoms with Gasteiger partial charge in [-0.15, -0.1) is 0 Å². The highest BCUT2D eigenvalue weighted by Crippen LogP contribution is 2.32. The Kier molecular flexibility index (Phi) is 4.71. The predicted molar refractivity (Wildman–Crippen MR) is 85.5 cm³/mol. The molecule has 24 heavy (non-hydrogen) atoms. The number of rotatable bonds is 4. The number of halogens is 3. The number of nitrogens with one attached hydrogen (secondary N) is 1. The molecule has 0 spiro atoms. The summed E-state index contributed by atoms with van der Waals surface area (Å²) in [4.78, 5) is 10.5. The Morgan fingerprint density at radius 3 is 2.79 bits per heavy atom. The monoisotopic (exact) mass is 336 g/mol. The van der Waals surface area contributed by atoms with Crippen molar-refractivity contribution < 1.29 is 13.2 Å². The number of anilines is 1. The molecule has 1 aromatic heterocycles. The molecule has 1 saturated heterocycles. The molecule has 0 amide bonds. The zero-order chi connectivity index (χ0) is 17.2. The van der Waals surface area contributed by atoms with Crippen molar-refractivity contribution in [3.8, 4) is 0 Å². The summed E-state index contributed by atoms with van der Waals surface area (Å²) in [5.74, 6) is 0.567. The predicted octanol–water partition coefficient (Wildman–Crippen LogP) is 3.49. The van der Waals surface area contributed by atoms with E-state index in [1.54, 1.807) is 18.3 Å². The highest BCUT2D eigenvalue weighted by atomic mass is 19.4. The Morgan fingerprint density at radius 1 is 1.25 bits per heavy atom. The molecule has 1 N–H and O–H groups in total. The molecular formula is C17H19F3N4. The second-order valence-corrected chi connectivity index (χ2v) is 6.04. The number of aryl methyl sites for hydroxylation is 1. The number of nitrogens with zero attached hydrogens (tertiary/aromatic N) is 3. The van der Waals surface area contributed by atoms with Gasteiger partial charge in [-0.2, -0.15) is 13.2 Å². The van der Waals surface area contributed by atoms with E-state index >= 15 is 0 Å². The van der Waals surface area contributed by atoms with Gasteiger partial charge in [-0.05, 0) is 31.0 Å². The molecule has 0 saturated carbocycles. The Labute approximate surface area is 138 Å². The molecule has 2 heterocycles. The van der Waals surface area contributed by atoms with Crippen LogP contribution in [-0.4, -0.2) is 34.0 Å². The zero-order valence-corrected chi connectivity index (χ0v) is 13.3. The van der Waals surface area contributed by atoms with E-state index in [4.69, 9.17) is 0 Å². The fourth-order valence-corrected chi connectivity index (χ4v) is 2.97. The second kappa shape index (κ2) is 6.76. The number of hydrogen-bond donors (Lipinski definition) is 1. The number of aromatic nitrogens is 2. The molecule has 1 atom stereocenters. The van der Waals surface area contributed by atoms with E-state index in [1.165, 1.54) is 6.07 Å². The maximum absolute atomic E-state index is 13.1. The average molecular weight is 336 g/mol. The van der Waals surface area contributed by atoms with E-state index < -0.39 is 11.7 Å². The van der Waals surface area contributed by atoms with Crippen molar-refractivity contribution in [3.05, 3.63) is 53.3 Å². The summed E-state index contributed by atoms with van der Waals surface area (Å²) in [7, 11) is 0. The maximum atomic E-state index is 13.1. The molecule has 1 aromatic carbocycles. The molecule has 4 nitrogen and oxygen atoms in total. The minimum absolute atomic E-state index is 0.143. The number of likely N-dealkylation sites (tertiary alicyclic amines) is 1. The van der Waals surface area contributed by atoms with Crippen LogP contribution >= 0.6 is 0 Å². The lowest BCUT2D eigenvalue weighted by Crippen LogP contribution is -2.27. The first kappa shape index (κ1) is 16.7. The Morgan fingerprint density at radius 2 is 2.04 bits per heavy atom. The molecule has 3 rings (SSSR count). The molecule has 0 radical (unpaired) electrons. The highest BCUT2D eigenvalue weighted by molar-refractivity contribution is 5.30. The van der Waals surface area contributed by atoms with Crippen LogP contribution in [0.15, 0.2) is 36.5 Å². The van der Waals surface area contributed by atoms with Gasteiger partial charge in [-0.3, -0.25) is 4.90 Å². The highest BCUT2D eigenvalue weighted by Gasteiger charge is 2.34.